The van der Waals surface area contributed by atoms with Crippen molar-refractivity contribution < 1.29 is 27.8 Å². The predicted molar refractivity (Wildman–Crippen MR) is 191 cm³/mol. The molecule has 3 N–H and O–H groups in total. The van der Waals surface area contributed by atoms with Crippen molar-refractivity contribution >= 4 is 54.9 Å². The number of carbonyl (C=O) groups is 1. The zero-order chi connectivity index (χ0) is 34.8. The van der Waals surface area contributed by atoms with E-state index < -0.39 is 16.1 Å². The fourth-order valence-electron chi connectivity index (χ4n) is 5.39. The van der Waals surface area contributed by atoms with Gasteiger partial charge in [-0.25, -0.2) is 22.9 Å². The van der Waals surface area contributed by atoms with E-state index in [2.05, 4.69) is 10.0 Å². The number of thiazole rings is 1. The third kappa shape index (κ3) is 6.88. The van der Waals surface area contributed by atoms with Gasteiger partial charge in [-0.2, -0.15) is 0 Å². The summed E-state index contributed by atoms with van der Waals surface area (Å²) >= 11 is 0.952. The highest BCUT2D eigenvalue weighted by Crippen LogP contribution is 2.32. The largest absolute Gasteiger partial charge is 0.494 e. The maximum absolute atomic E-state index is 12.7. The second kappa shape index (κ2) is 13.4. The lowest BCUT2D eigenvalue weighted by Gasteiger charge is -2.12. The number of nitrogens with one attached hydrogen (secondary N) is 2. The average molecular weight is 708 g/mol. The maximum Gasteiger partial charge on any atom is 0.333 e. The van der Waals surface area contributed by atoms with Gasteiger partial charge >= 0.3 is 10.9 Å². The summed E-state index contributed by atoms with van der Waals surface area (Å²) in [4.78, 5) is 29.1. The molecule has 14 heteroatoms. The fourth-order valence-corrected chi connectivity index (χ4v) is 6.94. The highest BCUT2D eigenvalue weighted by molar-refractivity contribution is 7.90. The van der Waals surface area contributed by atoms with Gasteiger partial charge in [-0.05, 0) is 65.5 Å². The summed E-state index contributed by atoms with van der Waals surface area (Å²) in [5.74, 6) is 2.35. The van der Waals surface area contributed by atoms with Crippen molar-refractivity contribution in [1.29, 1.82) is 0 Å². The number of hydrogen-bond donors (Lipinski definition) is 3. The summed E-state index contributed by atoms with van der Waals surface area (Å²) in [5.41, 5.74) is 2.85. The number of imidazole rings is 1. The maximum atomic E-state index is 12.7. The van der Waals surface area contributed by atoms with E-state index in [-0.39, 0.29) is 28.8 Å². The number of fused-ring (bicyclic) bond motifs is 2. The van der Waals surface area contributed by atoms with E-state index in [1.54, 1.807) is 36.4 Å². The second-order valence-electron chi connectivity index (χ2n) is 11.3. The Labute approximate surface area is 289 Å². The SMILES string of the molecule is Cn1c(COc2ccc(Cn3c(O)csc3=O)cc2)nc2ccc(Oc3ccc4cccc(NC(=O)NS(=O)(=O)c5ccccc5)c4c3)cc21. The van der Waals surface area contributed by atoms with Crippen LogP contribution in [0.25, 0.3) is 21.8 Å². The molecule has 0 aliphatic carbocycles. The molecule has 2 heterocycles. The van der Waals surface area contributed by atoms with Crippen LogP contribution in [0.5, 0.6) is 23.1 Å². The lowest BCUT2D eigenvalue weighted by atomic mass is 10.1. The summed E-state index contributed by atoms with van der Waals surface area (Å²) in [7, 11) is -2.16. The van der Waals surface area contributed by atoms with Crippen LogP contribution in [0.2, 0.25) is 0 Å². The number of benzene rings is 5. The fraction of sp³-hybridized carbons (Fsp3) is 0.0833. The molecular formula is C36H29N5O7S2. The molecule has 0 saturated carbocycles. The quantitative estimate of drug-likeness (QED) is 0.144. The first-order valence-electron chi connectivity index (χ1n) is 15.3. The van der Waals surface area contributed by atoms with Crippen molar-refractivity contribution in [3.8, 4) is 23.1 Å². The number of nitrogens with zero attached hydrogens (tertiary/aromatic N) is 3. The van der Waals surface area contributed by atoms with Crippen molar-refractivity contribution in [2.75, 3.05) is 5.32 Å². The molecule has 0 fully saturated rings. The molecule has 0 bridgehead atoms. The minimum Gasteiger partial charge on any atom is -0.494 e. The van der Waals surface area contributed by atoms with Crippen molar-refractivity contribution in [3.05, 3.63) is 136 Å². The van der Waals surface area contributed by atoms with Gasteiger partial charge < -0.3 is 24.5 Å². The van der Waals surface area contributed by atoms with Crippen LogP contribution in [0.3, 0.4) is 0 Å². The minimum absolute atomic E-state index is 0.0204. The summed E-state index contributed by atoms with van der Waals surface area (Å²) in [6.45, 7) is 0.478. The molecule has 2 aromatic heterocycles. The van der Waals surface area contributed by atoms with E-state index in [1.165, 1.54) is 22.1 Å². The lowest BCUT2D eigenvalue weighted by Crippen LogP contribution is -2.34. The Balaban J connectivity index is 1.03. The molecule has 12 nitrogen and oxygen atoms in total. The molecule has 0 aliphatic heterocycles. The number of urea groups is 1. The predicted octanol–water partition coefficient (Wildman–Crippen LogP) is 6.59. The lowest BCUT2D eigenvalue weighted by molar-refractivity contribution is 0.256. The van der Waals surface area contributed by atoms with Gasteiger partial charge in [0.05, 0.1) is 33.5 Å². The summed E-state index contributed by atoms with van der Waals surface area (Å²) in [5, 5.41) is 15.4. The average Bonchev–Trinajstić information content (AvgIpc) is 3.60. The number of sulfonamides is 1. The zero-order valence-electron chi connectivity index (χ0n) is 26.4. The summed E-state index contributed by atoms with van der Waals surface area (Å²) < 4.78 is 42.7. The van der Waals surface area contributed by atoms with Gasteiger partial charge in [0.2, 0.25) is 5.88 Å². The number of anilines is 1. The Kier molecular flexibility index (Phi) is 8.70. The Morgan fingerprint density at radius 2 is 1.64 bits per heavy atom. The molecule has 252 valence electrons. The molecule has 5 aromatic carbocycles. The topological polar surface area (TPSA) is 154 Å². The number of aromatic hydroxyl groups is 1. The van der Waals surface area contributed by atoms with Crippen LogP contribution in [-0.4, -0.2) is 33.7 Å². The van der Waals surface area contributed by atoms with Crippen molar-refractivity contribution in [2.24, 2.45) is 7.05 Å². The van der Waals surface area contributed by atoms with Crippen molar-refractivity contribution in [3.63, 3.8) is 0 Å². The van der Waals surface area contributed by atoms with Crippen LogP contribution < -0.4 is 24.4 Å². The molecule has 2 amide bonds. The number of amides is 2. The molecule has 0 aliphatic rings. The van der Waals surface area contributed by atoms with Crippen LogP contribution in [-0.2, 0) is 30.2 Å². The van der Waals surface area contributed by atoms with E-state index >= 15 is 0 Å². The Morgan fingerprint density at radius 1 is 0.900 bits per heavy atom. The van der Waals surface area contributed by atoms with Crippen molar-refractivity contribution in [1.82, 2.24) is 18.8 Å². The van der Waals surface area contributed by atoms with E-state index in [0.717, 1.165) is 33.3 Å². The monoisotopic (exact) mass is 707 g/mol. The van der Waals surface area contributed by atoms with E-state index in [9.17, 15) is 23.1 Å². The number of aromatic nitrogens is 3. The first kappa shape index (κ1) is 32.4. The van der Waals surface area contributed by atoms with Gasteiger partial charge in [0.15, 0.2) is 0 Å². The third-order valence-corrected chi connectivity index (χ3v) is 10.1. The normalized spacial score (nSPS) is 11.5. The smallest absolute Gasteiger partial charge is 0.333 e. The Hall–Kier alpha value is -6.12. The van der Waals surface area contributed by atoms with Gasteiger partial charge in [0, 0.05) is 18.5 Å². The van der Waals surface area contributed by atoms with E-state index in [4.69, 9.17) is 14.5 Å². The highest BCUT2D eigenvalue weighted by Gasteiger charge is 2.18. The van der Waals surface area contributed by atoms with Crippen LogP contribution in [0.4, 0.5) is 10.5 Å². The van der Waals surface area contributed by atoms with Gasteiger partial charge in [0.25, 0.3) is 10.0 Å². The molecule has 50 heavy (non-hydrogen) atoms. The highest BCUT2D eigenvalue weighted by atomic mass is 32.2. The Bertz CT molecular complexity index is 2530. The van der Waals surface area contributed by atoms with Crippen molar-refractivity contribution in [2.45, 2.75) is 18.0 Å². The van der Waals surface area contributed by atoms with Crippen LogP contribution in [0.1, 0.15) is 11.4 Å². The number of aryl methyl sites for hydroxylation is 1. The first-order chi connectivity index (χ1) is 24.1. The summed E-state index contributed by atoms with van der Waals surface area (Å²) in [6, 6.07) is 30.4. The molecule has 0 unspecified atom stereocenters. The van der Waals surface area contributed by atoms with Crippen LogP contribution in [0, 0.1) is 0 Å². The number of carbonyl (C=O) groups excluding carboxylic acids is 1. The molecule has 0 atom stereocenters. The molecule has 7 aromatic rings. The molecule has 0 spiro atoms. The minimum atomic E-state index is -4.05. The number of ether oxygens (including phenoxy) is 2. The summed E-state index contributed by atoms with van der Waals surface area (Å²) in [6.07, 6.45) is 0. The second-order valence-corrected chi connectivity index (χ2v) is 13.8. The first-order valence-corrected chi connectivity index (χ1v) is 17.6. The molecule has 0 saturated heterocycles. The Morgan fingerprint density at radius 3 is 2.40 bits per heavy atom. The van der Waals surface area contributed by atoms with Crippen LogP contribution >= 0.6 is 11.3 Å². The van der Waals surface area contributed by atoms with E-state index in [0.29, 0.717) is 34.1 Å². The molecular weight excluding hydrogens is 679 g/mol. The standard InChI is InChI=1S/C36H29N5O7S2/c1-40-32-19-27(16-17-31(32)37-33(40)21-47-25-13-10-23(11-14-25)20-41-34(42)22-49-36(41)44)48-26-15-12-24-6-5-9-30(29(24)18-26)38-35(43)39-50(45,46)28-7-3-2-4-8-28/h2-19,22,42H,20-21H2,1H3,(H2,38,39,43). The van der Waals surface area contributed by atoms with Gasteiger partial charge in [-0.1, -0.05) is 59.9 Å². The van der Waals surface area contributed by atoms with Gasteiger partial charge in [-0.15, -0.1) is 0 Å². The van der Waals surface area contributed by atoms with E-state index in [1.807, 2.05) is 72.3 Å². The third-order valence-electron chi connectivity index (χ3n) is 7.96. The zero-order valence-corrected chi connectivity index (χ0v) is 28.1. The van der Waals surface area contributed by atoms with Gasteiger partial charge in [-0.3, -0.25) is 9.36 Å². The van der Waals surface area contributed by atoms with Crippen LogP contribution in [0.15, 0.2) is 124 Å². The number of rotatable bonds is 10. The number of hydrogen-bond acceptors (Lipinski definition) is 9. The molecule has 0 radical (unpaired) electrons. The molecule has 7 rings (SSSR count). The van der Waals surface area contributed by atoms with Gasteiger partial charge in [0.1, 0.15) is 29.7 Å².